The lowest BCUT2D eigenvalue weighted by Crippen LogP contribution is -2.54. The smallest absolute Gasteiger partial charge is 0.335 e. The van der Waals surface area contributed by atoms with E-state index in [9.17, 15) is 24.5 Å². The van der Waals surface area contributed by atoms with Crippen molar-refractivity contribution in [2.24, 2.45) is 0 Å². The molecule has 3 rings (SSSR count). The molecular weight excluding hydrogens is 442 g/mol. The molecule has 10 heteroatoms. The predicted molar refractivity (Wildman–Crippen MR) is 125 cm³/mol. The molecule has 178 valence electrons. The number of imide groups is 2. The molecule has 2 aromatic carbocycles. The highest BCUT2D eigenvalue weighted by Gasteiger charge is 2.37. The fourth-order valence-electron chi connectivity index (χ4n) is 3.41. The van der Waals surface area contributed by atoms with Gasteiger partial charge in [0.25, 0.3) is 17.5 Å². The van der Waals surface area contributed by atoms with Gasteiger partial charge in [0.15, 0.2) is 11.5 Å². The van der Waals surface area contributed by atoms with Crippen molar-refractivity contribution in [3.8, 4) is 11.5 Å². The normalized spacial score (nSPS) is 14.8. The van der Waals surface area contributed by atoms with E-state index in [2.05, 4.69) is 12.2 Å². The lowest BCUT2D eigenvalue weighted by Gasteiger charge is -2.26. The van der Waals surface area contributed by atoms with Gasteiger partial charge in [0.2, 0.25) is 0 Å². The van der Waals surface area contributed by atoms with Gasteiger partial charge in [-0.1, -0.05) is 38.3 Å². The summed E-state index contributed by atoms with van der Waals surface area (Å²) in [5, 5.41) is 13.2. The third-order valence-electron chi connectivity index (χ3n) is 5.15. The molecule has 2 aromatic rings. The standard InChI is InChI=1S/C24H25N3O7/c1-3-4-5-6-12-34-20-11-10-16(14-21(20)33-2)13-19-22(28)25-24(30)26(23(19)29)17-8-7-9-18(15-17)27(31)32/h7-11,13-15H,3-6,12H2,1-2H3,(H,25,28,30)/b19-13-. The topological polar surface area (TPSA) is 128 Å². The van der Waals surface area contributed by atoms with Gasteiger partial charge in [-0.25, -0.2) is 9.69 Å². The van der Waals surface area contributed by atoms with Gasteiger partial charge in [-0.3, -0.25) is 25.0 Å². The average molecular weight is 467 g/mol. The first-order valence-electron chi connectivity index (χ1n) is 10.8. The number of anilines is 1. The molecule has 0 aliphatic carbocycles. The highest BCUT2D eigenvalue weighted by atomic mass is 16.6. The van der Waals surface area contributed by atoms with E-state index < -0.39 is 22.8 Å². The third kappa shape index (κ3) is 5.58. The zero-order valence-electron chi connectivity index (χ0n) is 18.9. The first kappa shape index (κ1) is 24.4. The van der Waals surface area contributed by atoms with Crippen LogP contribution < -0.4 is 19.7 Å². The number of methoxy groups -OCH3 is 1. The van der Waals surface area contributed by atoms with Crippen LogP contribution in [0.3, 0.4) is 0 Å². The molecule has 0 spiro atoms. The number of nitrogens with one attached hydrogen (secondary N) is 1. The van der Waals surface area contributed by atoms with Gasteiger partial charge in [-0.15, -0.1) is 0 Å². The van der Waals surface area contributed by atoms with Crippen molar-refractivity contribution in [2.45, 2.75) is 32.6 Å². The molecule has 1 saturated heterocycles. The monoisotopic (exact) mass is 467 g/mol. The predicted octanol–water partition coefficient (Wildman–Crippen LogP) is 4.23. The number of nitrogens with zero attached hydrogens (tertiary/aromatic N) is 2. The van der Waals surface area contributed by atoms with Gasteiger partial charge < -0.3 is 9.47 Å². The number of nitro benzene ring substituents is 1. The molecule has 0 saturated carbocycles. The largest absolute Gasteiger partial charge is 0.493 e. The molecule has 34 heavy (non-hydrogen) atoms. The summed E-state index contributed by atoms with van der Waals surface area (Å²) < 4.78 is 11.2. The summed E-state index contributed by atoms with van der Waals surface area (Å²) in [4.78, 5) is 48.9. The fourth-order valence-corrected chi connectivity index (χ4v) is 3.41. The van der Waals surface area contributed by atoms with Gasteiger partial charge in [-0.05, 0) is 36.3 Å². The summed E-state index contributed by atoms with van der Waals surface area (Å²) in [6.07, 6.45) is 5.57. The van der Waals surface area contributed by atoms with E-state index in [0.717, 1.165) is 31.7 Å². The summed E-state index contributed by atoms with van der Waals surface area (Å²) in [5.41, 5.74) is -0.154. The minimum absolute atomic E-state index is 0.0282. The van der Waals surface area contributed by atoms with Crippen LogP contribution >= 0.6 is 0 Å². The molecule has 0 bridgehead atoms. The Kier molecular flexibility index (Phi) is 7.96. The van der Waals surface area contributed by atoms with E-state index in [1.807, 2.05) is 0 Å². The molecule has 1 fully saturated rings. The van der Waals surface area contributed by atoms with Crippen LogP contribution in [0.15, 0.2) is 48.0 Å². The van der Waals surface area contributed by atoms with Crippen LogP contribution in [0.25, 0.3) is 6.08 Å². The van der Waals surface area contributed by atoms with Crippen molar-refractivity contribution in [1.29, 1.82) is 0 Å². The first-order chi connectivity index (χ1) is 16.3. The molecule has 4 amide bonds. The average Bonchev–Trinajstić information content (AvgIpc) is 2.82. The summed E-state index contributed by atoms with van der Waals surface area (Å²) in [7, 11) is 1.48. The number of barbiturate groups is 1. The van der Waals surface area contributed by atoms with E-state index >= 15 is 0 Å². The molecular formula is C24H25N3O7. The molecule has 0 radical (unpaired) electrons. The van der Waals surface area contributed by atoms with Gasteiger partial charge in [0, 0.05) is 12.1 Å². The van der Waals surface area contributed by atoms with E-state index in [1.165, 1.54) is 31.4 Å². The SMILES string of the molecule is CCCCCCOc1ccc(/C=C2/C(=O)NC(=O)N(c3cccc([N+](=O)[O-])c3)C2=O)cc1OC. The lowest BCUT2D eigenvalue weighted by molar-refractivity contribution is -0.384. The quantitative estimate of drug-likeness (QED) is 0.182. The number of rotatable bonds is 10. The highest BCUT2D eigenvalue weighted by Crippen LogP contribution is 2.30. The number of carbonyl (C=O) groups is 3. The molecule has 1 aliphatic heterocycles. The lowest BCUT2D eigenvalue weighted by atomic mass is 10.1. The van der Waals surface area contributed by atoms with Crippen molar-refractivity contribution in [2.75, 3.05) is 18.6 Å². The van der Waals surface area contributed by atoms with Crippen LogP contribution in [0.1, 0.15) is 38.2 Å². The molecule has 10 nitrogen and oxygen atoms in total. The Balaban J connectivity index is 1.85. The summed E-state index contributed by atoms with van der Waals surface area (Å²) in [6, 6.07) is 9.00. The van der Waals surface area contributed by atoms with Crippen LogP contribution in [0.5, 0.6) is 11.5 Å². The number of nitro groups is 1. The molecule has 1 aliphatic rings. The van der Waals surface area contributed by atoms with Crippen molar-refractivity contribution in [3.63, 3.8) is 0 Å². The zero-order valence-corrected chi connectivity index (χ0v) is 18.9. The maximum Gasteiger partial charge on any atom is 0.335 e. The number of benzene rings is 2. The van der Waals surface area contributed by atoms with Crippen LogP contribution in [0.4, 0.5) is 16.2 Å². The summed E-state index contributed by atoms with van der Waals surface area (Å²) >= 11 is 0. The number of ether oxygens (including phenoxy) is 2. The minimum Gasteiger partial charge on any atom is -0.493 e. The van der Waals surface area contributed by atoms with E-state index in [0.29, 0.717) is 28.6 Å². The fraction of sp³-hybridized carbons (Fsp3) is 0.292. The van der Waals surface area contributed by atoms with Crippen LogP contribution in [0, 0.1) is 10.1 Å². The van der Waals surface area contributed by atoms with Crippen molar-refractivity contribution >= 4 is 35.3 Å². The van der Waals surface area contributed by atoms with Crippen LogP contribution in [-0.2, 0) is 9.59 Å². The number of hydrogen-bond donors (Lipinski definition) is 1. The molecule has 0 unspecified atom stereocenters. The Morgan fingerprint density at radius 2 is 1.85 bits per heavy atom. The zero-order chi connectivity index (χ0) is 24.7. The second kappa shape index (κ2) is 11.1. The number of non-ortho nitro benzene ring substituents is 1. The van der Waals surface area contributed by atoms with E-state index in [-0.39, 0.29) is 16.9 Å². The van der Waals surface area contributed by atoms with E-state index in [4.69, 9.17) is 9.47 Å². The second-order valence-corrected chi connectivity index (χ2v) is 7.55. The number of unbranched alkanes of at least 4 members (excludes halogenated alkanes) is 3. The Labute approximate surface area is 196 Å². The third-order valence-corrected chi connectivity index (χ3v) is 5.15. The highest BCUT2D eigenvalue weighted by molar-refractivity contribution is 6.39. The van der Waals surface area contributed by atoms with Crippen LogP contribution in [0.2, 0.25) is 0 Å². The maximum absolute atomic E-state index is 13.0. The first-order valence-corrected chi connectivity index (χ1v) is 10.8. The van der Waals surface area contributed by atoms with Crippen molar-refractivity contribution in [1.82, 2.24) is 5.32 Å². The van der Waals surface area contributed by atoms with Gasteiger partial charge in [0.05, 0.1) is 24.3 Å². The second-order valence-electron chi connectivity index (χ2n) is 7.55. The van der Waals surface area contributed by atoms with Crippen molar-refractivity contribution in [3.05, 3.63) is 63.7 Å². The summed E-state index contributed by atoms with van der Waals surface area (Å²) in [6.45, 7) is 2.67. The van der Waals surface area contributed by atoms with E-state index in [1.54, 1.807) is 18.2 Å². The minimum atomic E-state index is -0.989. The Bertz CT molecular complexity index is 1140. The molecule has 1 heterocycles. The number of amides is 4. The van der Waals surface area contributed by atoms with Gasteiger partial charge in [-0.2, -0.15) is 0 Å². The number of carbonyl (C=O) groups excluding carboxylic acids is 3. The summed E-state index contributed by atoms with van der Waals surface area (Å²) in [5.74, 6) is -0.801. The Hall–Kier alpha value is -4.21. The maximum atomic E-state index is 13.0. The van der Waals surface area contributed by atoms with Crippen molar-refractivity contribution < 1.29 is 28.8 Å². The number of urea groups is 1. The Morgan fingerprint density at radius 1 is 1.06 bits per heavy atom. The Morgan fingerprint density at radius 3 is 2.56 bits per heavy atom. The molecule has 0 atom stereocenters. The van der Waals surface area contributed by atoms with Gasteiger partial charge >= 0.3 is 6.03 Å². The molecule has 1 N–H and O–H groups in total. The molecule has 0 aromatic heterocycles. The van der Waals surface area contributed by atoms with Crippen LogP contribution in [-0.4, -0.2) is 36.5 Å². The van der Waals surface area contributed by atoms with Gasteiger partial charge in [0.1, 0.15) is 5.57 Å². The number of hydrogen-bond acceptors (Lipinski definition) is 7.